The van der Waals surface area contributed by atoms with Crippen LogP contribution in [-0.4, -0.2) is 38.2 Å². The molecule has 8 heteroatoms. The van der Waals surface area contributed by atoms with Gasteiger partial charge < -0.3 is 19.8 Å². The van der Waals surface area contributed by atoms with Crippen molar-refractivity contribution < 1.29 is 0 Å². The molecule has 0 fully saturated rings. The van der Waals surface area contributed by atoms with Crippen molar-refractivity contribution in [3.8, 4) is 0 Å². The van der Waals surface area contributed by atoms with E-state index in [1.54, 1.807) is 18.3 Å². The fraction of sp³-hybridized carbons (Fsp3) is 0.333. The molecule has 0 atom stereocenters. The first-order chi connectivity index (χ1) is 10.9. The highest BCUT2D eigenvalue weighted by Crippen LogP contribution is 2.22. The van der Waals surface area contributed by atoms with Crippen LogP contribution in [0.25, 0.3) is 11.2 Å². The fourth-order valence-corrected chi connectivity index (χ4v) is 2.48. The maximum atomic E-state index is 12.1. The molecule has 0 radical (unpaired) electrons. The SMILES string of the molecule is Cc1nc(N(C)C)c2nc(Cn3cccc(N)c3=O)n(C)c2n1. The number of imidazole rings is 1. The summed E-state index contributed by atoms with van der Waals surface area (Å²) >= 11 is 0. The van der Waals surface area contributed by atoms with Crippen LogP contribution in [0.4, 0.5) is 11.5 Å². The van der Waals surface area contributed by atoms with Crippen molar-refractivity contribution in [1.82, 2.24) is 24.1 Å². The molecule has 8 nitrogen and oxygen atoms in total. The lowest BCUT2D eigenvalue weighted by molar-refractivity contribution is 0.685. The predicted octanol–water partition coefficient (Wildman–Crippen LogP) is 0.530. The molecule has 3 aromatic rings. The van der Waals surface area contributed by atoms with Crippen molar-refractivity contribution in [2.24, 2.45) is 7.05 Å². The van der Waals surface area contributed by atoms with Crippen molar-refractivity contribution >= 4 is 22.7 Å². The van der Waals surface area contributed by atoms with E-state index in [-0.39, 0.29) is 11.2 Å². The highest BCUT2D eigenvalue weighted by Gasteiger charge is 2.16. The summed E-state index contributed by atoms with van der Waals surface area (Å²) in [7, 11) is 5.71. The van der Waals surface area contributed by atoms with Gasteiger partial charge in [-0.1, -0.05) is 0 Å². The van der Waals surface area contributed by atoms with Gasteiger partial charge in [-0.3, -0.25) is 4.79 Å². The summed E-state index contributed by atoms with van der Waals surface area (Å²) in [6.45, 7) is 2.17. The third-order valence-electron chi connectivity index (χ3n) is 3.69. The topological polar surface area (TPSA) is 94.9 Å². The molecule has 3 aromatic heterocycles. The third kappa shape index (κ3) is 2.52. The molecule has 0 saturated heterocycles. The molecule has 0 aliphatic heterocycles. The van der Waals surface area contributed by atoms with Crippen LogP contribution < -0.4 is 16.2 Å². The zero-order chi connectivity index (χ0) is 16.7. The van der Waals surface area contributed by atoms with Crippen LogP contribution in [-0.2, 0) is 13.6 Å². The fourth-order valence-electron chi connectivity index (χ4n) is 2.48. The number of aryl methyl sites for hydroxylation is 2. The zero-order valence-corrected chi connectivity index (χ0v) is 13.6. The molecule has 0 aromatic carbocycles. The van der Waals surface area contributed by atoms with Crippen molar-refractivity contribution in [2.75, 3.05) is 24.7 Å². The summed E-state index contributed by atoms with van der Waals surface area (Å²) < 4.78 is 3.42. The van der Waals surface area contributed by atoms with E-state index in [2.05, 4.69) is 15.0 Å². The quantitative estimate of drug-likeness (QED) is 0.758. The van der Waals surface area contributed by atoms with Gasteiger partial charge in [0, 0.05) is 27.3 Å². The summed E-state index contributed by atoms with van der Waals surface area (Å²) in [6.07, 6.45) is 1.70. The number of nitrogens with two attached hydrogens (primary N) is 1. The van der Waals surface area contributed by atoms with Gasteiger partial charge in [-0.25, -0.2) is 15.0 Å². The molecule has 0 aliphatic carbocycles. The smallest absolute Gasteiger partial charge is 0.274 e. The van der Waals surface area contributed by atoms with Gasteiger partial charge in [0.1, 0.15) is 11.6 Å². The lowest BCUT2D eigenvalue weighted by Crippen LogP contribution is -2.23. The normalized spacial score (nSPS) is 11.1. The Morgan fingerprint density at radius 1 is 1.26 bits per heavy atom. The van der Waals surface area contributed by atoms with Crippen molar-refractivity contribution in [2.45, 2.75) is 13.5 Å². The van der Waals surface area contributed by atoms with Gasteiger partial charge in [-0.05, 0) is 19.1 Å². The average molecular weight is 313 g/mol. The first kappa shape index (κ1) is 15.0. The number of aromatic nitrogens is 5. The Kier molecular flexibility index (Phi) is 3.51. The number of nitrogens with zero attached hydrogens (tertiary/aromatic N) is 6. The van der Waals surface area contributed by atoms with Gasteiger partial charge in [0.2, 0.25) is 0 Å². The lowest BCUT2D eigenvalue weighted by atomic mass is 10.4. The average Bonchev–Trinajstić information content (AvgIpc) is 2.80. The molecule has 2 N–H and O–H groups in total. The Hall–Kier alpha value is -2.90. The summed E-state index contributed by atoms with van der Waals surface area (Å²) in [5.74, 6) is 2.15. The second kappa shape index (κ2) is 5.38. The maximum absolute atomic E-state index is 12.1. The molecule has 0 aliphatic rings. The van der Waals surface area contributed by atoms with Crippen LogP contribution >= 0.6 is 0 Å². The molecule has 0 spiro atoms. The van der Waals surface area contributed by atoms with Crippen molar-refractivity contribution in [3.63, 3.8) is 0 Å². The molecule has 3 rings (SSSR count). The number of hydrogen-bond donors (Lipinski definition) is 1. The summed E-state index contributed by atoms with van der Waals surface area (Å²) in [6, 6.07) is 3.33. The van der Waals surface area contributed by atoms with E-state index in [0.29, 0.717) is 12.4 Å². The van der Waals surface area contributed by atoms with E-state index in [1.165, 1.54) is 4.57 Å². The van der Waals surface area contributed by atoms with Crippen molar-refractivity contribution in [1.29, 1.82) is 0 Å². The number of pyridine rings is 1. The molecule has 0 unspecified atom stereocenters. The standard InChI is InChI=1S/C15H19N7O/c1-9-17-13(20(2)3)12-14(18-9)21(4)11(19-12)8-22-7-5-6-10(16)15(22)23/h5-7H,8,16H2,1-4H3. The molecule has 120 valence electrons. The van der Waals surface area contributed by atoms with E-state index < -0.39 is 0 Å². The maximum Gasteiger partial charge on any atom is 0.274 e. The van der Waals surface area contributed by atoms with E-state index in [9.17, 15) is 4.79 Å². The second-order valence-electron chi connectivity index (χ2n) is 5.64. The first-order valence-electron chi connectivity index (χ1n) is 7.20. The van der Waals surface area contributed by atoms with E-state index in [4.69, 9.17) is 5.73 Å². The number of nitrogen functional groups attached to an aromatic ring is 1. The Labute approximate surface area is 133 Å². The largest absolute Gasteiger partial charge is 0.394 e. The number of fused-ring (bicyclic) bond motifs is 1. The van der Waals surface area contributed by atoms with Gasteiger partial charge in [0.05, 0.1) is 12.2 Å². The Morgan fingerprint density at radius 2 is 2.00 bits per heavy atom. The minimum absolute atomic E-state index is 0.218. The summed E-state index contributed by atoms with van der Waals surface area (Å²) in [5.41, 5.74) is 7.13. The lowest BCUT2D eigenvalue weighted by Gasteiger charge is -2.11. The first-order valence-corrected chi connectivity index (χ1v) is 7.20. The van der Waals surface area contributed by atoms with Crippen LogP contribution in [0, 0.1) is 6.92 Å². The highest BCUT2D eigenvalue weighted by atomic mass is 16.1. The van der Waals surface area contributed by atoms with E-state index in [1.807, 2.05) is 37.5 Å². The van der Waals surface area contributed by atoms with Gasteiger partial charge in [-0.2, -0.15) is 0 Å². The minimum Gasteiger partial charge on any atom is -0.394 e. The van der Waals surface area contributed by atoms with Gasteiger partial charge in [0.25, 0.3) is 5.56 Å². The summed E-state index contributed by atoms with van der Waals surface area (Å²) in [4.78, 5) is 27.5. The molecule has 3 heterocycles. The Balaban J connectivity index is 2.16. The third-order valence-corrected chi connectivity index (χ3v) is 3.69. The van der Waals surface area contributed by atoms with Gasteiger partial charge in [-0.15, -0.1) is 0 Å². The van der Waals surface area contributed by atoms with Crippen LogP contribution in [0.5, 0.6) is 0 Å². The van der Waals surface area contributed by atoms with Crippen LogP contribution in [0.1, 0.15) is 11.6 Å². The minimum atomic E-state index is -0.227. The van der Waals surface area contributed by atoms with E-state index in [0.717, 1.165) is 22.8 Å². The monoisotopic (exact) mass is 313 g/mol. The molecular formula is C15H19N7O. The number of rotatable bonds is 3. The van der Waals surface area contributed by atoms with Crippen LogP contribution in [0.3, 0.4) is 0 Å². The van der Waals surface area contributed by atoms with Crippen molar-refractivity contribution in [3.05, 3.63) is 40.3 Å². The molecule has 0 amide bonds. The number of hydrogen-bond acceptors (Lipinski definition) is 6. The molecular weight excluding hydrogens is 294 g/mol. The van der Waals surface area contributed by atoms with Crippen LogP contribution in [0.15, 0.2) is 23.1 Å². The molecule has 0 bridgehead atoms. The molecule has 0 saturated carbocycles. The second-order valence-corrected chi connectivity index (χ2v) is 5.64. The van der Waals surface area contributed by atoms with Gasteiger partial charge in [0.15, 0.2) is 17.0 Å². The summed E-state index contributed by atoms with van der Waals surface area (Å²) in [5, 5.41) is 0. The highest BCUT2D eigenvalue weighted by molar-refractivity contribution is 5.84. The number of anilines is 2. The van der Waals surface area contributed by atoms with E-state index >= 15 is 0 Å². The zero-order valence-electron chi connectivity index (χ0n) is 13.6. The van der Waals surface area contributed by atoms with Gasteiger partial charge >= 0.3 is 0 Å². The predicted molar refractivity (Wildman–Crippen MR) is 89.6 cm³/mol. The Morgan fingerprint density at radius 3 is 2.70 bits per heavy atom. The van der Waals surface area contributed by atoms with Crippen LogP contribution in [0.2, 0.25) is 0 Å². The Bertz CT molecular complexity index is 939. The molecule has 23 heavy (non-hydrogen) atoms.